The maximum Gasteiger partial charge on any atom is 0.335 e. The number of hydrogen-bond acceptors (Lipinski definition) is 6. The summed E-state index contributed by atoms with van der Waals surface area (Å²) in [4.78, 5) is 39.6. The summed E-state index contributed by atoms with van der Waals surface area (Å²) in [5, 5.41) is 2.24. The summed E-state index contributed by atoms with van der Waals surface area (Å²) in [5.41, 5.74) is 2.37. The van der Waals surface area contributed by atoms with Crippen LogP contribution in [-0.4, -0.2) is 31.6 Å². The van der Waals surface area contributed by atoms with Gasteiger partial charge in [0.15, 0.2) is 11.5 Å². The predicted molar refractivity (Wildman–Crippen MR) is 152 cm³/mol. The molecule has 1 fully saturated rings. The number of rotatable bonds is 10. The summed E-state index contributed by atoms with van der Waals surface area (Å²) in [6, 6.07) is 16.9. The average Bonchev–Trinajstić information content (AvgIpc) is 2.92. The van der Waals surface area contributed by atoms with Crippen LogP contribution in [0.3, 0.4) is 0 Å². The highest BCUT2D eigenvalue weighted by Crippen LogP contribution is 2.35. The first-order chi connectivity index (χ1) is 18.8. The Morgan fingerprint density at radius 2 is 1.72 bits per heavy atom. The summed E-state index contributed by atoms with van der Waals surface area (Å²) in [5.74, 6) is 0.0384. The highest BCUT2D eigenvalue weighted by atomic mass is 79.9. The first kappa shape index (κ1) is 27.7. The number of anilines is 1. The van der Waals surface area contributed by atoms with E-state index in [-0.39, 0.29) is 5.57 Å². The summed E-state index contributed by atoms with van der Waals surface area (Å²) in [6.07, 6.45) is 3.61. The van der Waals surface area contributed by atoms with Gasteiger partial charge in [-0.3, -0.25) is 14.9 Å². The van der Waals surface area contributed by atoms with Gasteiger partial charge in [0.05, 0.1) is 19.4 Å². The van der Waals surface area contributed by atoms with Crippen LogP contribution < -0.4 is 24.4 Å². The Kier molecular flexibility index (Phi) is 8.83. The molecule has 0 aliphatic carbocycles. The lowest BCUT2D eigenvalue weighted by Gasteiger charge is -2.26. The van der Waals surface area contributed by atoms with Crippen molar-refractivity contribution in [1.82, 2.24) is 5.32 Å². The molecule has 0 spiro atoms. The highest BCUT2D eigenvalue weighted by Gasteiger charge is 2.37. The SMILES string of the molecule is C=CCc1cc(/C=C2\C(=O)NC(=O)N(c3ccc(OCC)cc3)C2=O)cc(OC)c1OCc1ccc(Br)cc1. The lowest BCUT2D eigenvalue weighted by Crippen LogP contribution is -2.54. The fraction of sp³-hybridized carbons (Fsp3) is 0.167. The Hall–Kier alpha value is -4.37. The number of methoxy groups -OCH3 is 1. The number of ether oxygens (including phenoxy) is 3. The predicted octanol–water partition coefficient (Wildman–Crippen LogP) is 5.83. The number of hydrogen-bond donors (Lipinski definition) is 1. The second kappa shape index (κ2) is 12.4. The van der Waals surface area contributed by atoms with Gasteiger partial charge in [0, 0.05) is 10.0 Å². The van der Waals surface area contributed by atoms with E-state index in [1.54, 1.807) is 42.5 Å². The van der Waals surface area contributed by atoms with Gasteiger partial charge in [-0.25, -0.2) is 9.69 Å². The Balaban J connectivity index is 1.66. The number of carbonyl (C=O) groups is 3. The number of carbonyl (C=O) groups excluding carboxylic acids is 3. The molecule has 0 radical (unpaired) electrons. The second-order valence-electron chi connectivity index (χ2n) is 8.50. The van der Waals surface area contributed by atoms with Crippen LogP contribution in [0.4, 0.5) is 10.5 Å². The van der Waals surface area contributed by atoms with Crippen LogP contribution in [0.25, 0.3) is 6.08 Å². The summed E-state index contributed by atoms with van der Waals surface area (Å²) >= 11 is 3.43. The zero-order chi connectivity index (χ0) is 27.9. The molecule has 1 aliphatic rings. The zero-order valence-corrected chi connectivity index (χ0v) is 23.1. The van der Waals surface area contributed by atoms with Gasteiger partial charge in [0.2, 0.25) is 0 Å². The Bertz CT molecular complexity index is 1430. The molecule has 1 aliphatic heterocycles. The number of urea groups is 1. The van der Waals surface area contributed by atoms with Crippen molar-refractivity contribution in [3.05, 3.63) is 100 Å². The number of barbiturate groups is 1. The van der Waals surface area contributed by atoms with E-state index in [1.807, 2.05) is 31.2 Å². The van der Waals surface area contributed by atoms with Crippen LogP contribution in [0.15, 0.2) is 83.4 Å². The van der Waals surface area contributed by atoms with Crippen molar-refractivity contribution >= 4 is 45.5 Å². The van der Waals surface area contributed by atoms with Crippen LogP contribution in [0.2, 0.25) is 0 Å². The maximum atomic E-state index is 13.3. The number of amides is 4. The topological polar surface area (TPSA) is 94.2 Å². The maximum absolute atomic E-state index is 13.3. The lowest BCUT2D eigenvalue weighted by atomic mass is 10.0. The summed E-state index contributed by atoms with van der Waals surface area (Å²) in [6.45, 7) is 6.48. The summed E-state index contributed by atoms with van der Waals surface area (Å²) < 4.78 is 18.1. The van der Waals surface area contributed by atoms with Crippen LogP contribution in [-0.2, 0) is 22.6 Å². The molecule has 39 heavy (non-hydrogen) atoms. The van der Waals surface area contributed by atoms with Crippen molar-refractivity contribution in [2.45, 2.75) is 20.0 Å². The number of nitrogens with zero attached hydrogens (tertiary/aromatic N) is 1. The molecular formula is C30H27BrN2O6. The smallest absolute Gasteiger partial charge is 0.335 e. The van der Waals surface area contributed by atoms with Crippen molar-refractivity contribution in [3.8, 4) is 17.2 Å². The normalized spacial score (nSPS) is 14.3. The minimum Gasteiger partial charge on any atom is -0.494 e. The molecule has 3 aromatic carbocycles. The van der Waals surface area contributed by atoms with E-state index < -0.39 is 17.8 Å². The fourth-order valence-corrected chi connectivity index (χ4v) is 4.31. The third-order valence-electron chi connectivity index (χ3n) is 5.85. The van der Waals surface area contributed by atoms with Crippen molar-refractivity contribution < 1.29 is 28.6 Å². The van der Waals surface area contributed by atoms with Gasteiger partial charge in [-0.15, -0.1) is 6.58 Å². The first-order valence-corrected chi connectivity index (χ1v) is 13.0. The van der Waals surface area contributed by atoms with E-state index in [0.717, 1.165) is 20.5 Å². The number of nitrogens with one attached hydrogen (secondary N) is 1. The minimum absolute atomic E-state index is 0.196. The molecule has 0 aromatic heterocycles. The van der Waals surface area contributed by atoms with Gasteiger partial charge in [-0.05, 0) is 79.1 Å². The fourth-order valence-electron chi connectivity index (χ4n) is 4.04. The van der Waals surface area contributed by atoms with Crippen LogP contribution in [0.1, 0.15) is 23.6 Å². The Morgan fingerprint density at radius 1 is 1.00 bits per heavy atom. The largest absolute Gasteiger partial charge is 0.494 e. The average molecular weight is 591 g/mol. The van der Waals surface area contributed by atoms with Gasteiger partial charge in [-0.1, -0.05) is 34.1 Å². The molecule has 1 heterocycles. The van der Waals surface area contributed by atoms with E-state index in [0.29, 0.717) is 48.1 Å². The number of allylic oxidation sites excluding steroid dienone is 1. The van der Waals surface area contributed by atoms with Gasteiger partial charge in [-0.2, -0.15) is 0 Å². The third-order valence-corrected chi connectivity index (χ3v) is 6.38. The van der Waals surface area contributed by atoms with Crippen molar-refractivity contribution in [2.75, 3.05) is 18.6 Å². The molecule has 4 amide bonds. The van der Waals surface area contributed by atoms with E-state index in [9.17, 15) is 14.4 Å². The molecule has 0 unspecified atom stereocenters. The van der Waals surface area contributed by atoms with E-state index in [1.165, 1.54) is 13.2 Å². The molecule has 0 saturated carbocycles. The number of halogens is 1. The Morgan fingerprint density at radius 3 is 2.36 bits per heavy atom. The zero-order valence-electron chi connectivity index (χ0n) is 21.5. The van der Waals surface area contributed by atoms with Gasteiger partial charge >= 0.3 is 6.03 Å². The van der Waals surface area contributed by atoms with Gasteiger partial charge in [0.25, 0.3) is 11.8 Å². The molecule has 3 aromatic rings. The number of benzene rings is 3. The lowest BCUT2D eigenvalue weighted by molar-refractivity contribution is -0.122. The van der Waals surface area contributed by atoms with Crippen molar-refractivity contribution in [1.29, 1.82) is 0 Å². The molecule has 1 N–H and O–H groups in total. The van der Waals surface area contributed by atoms with E-state index in [2.05, 4.69) is 27.8 Å². The first-order valence-electron chi connectivity index (χ1n) is 12.2. The third kappa shape index (κ3) is 6.38. The molecular weight excluding hydrogens is 564 g/mol. The number of imide groups is 2. The molecule has 0 bridgehead atoms. The monoisotopic (exact) mass is 590 g/mol. The van der Waals surface area contributed by atoms with Crippen LogP contribution in [0.5, 0.6) is 17.2 Å². The molecule has 8 nitrogen and oxygen atoms in total. The van der Waals surface area contributed by atoms with Crippen molar-refractivity contribution in [2.24, 2.45) is 0 Å². The van der Waals surface area contributed by atoms with Gasteiger partial charge in [0.1, 0.15) is 17.9 Å². The van der Waals surface area contributed by atoms with Gasteiger partial charge < -0.3 is 14.2 Å². The second-order valence-corrected chi connectivity index (χ2v) is 9.42. The molecule has 4 rings (SSSR count). The Labute approximate surface area is 235 Å². The molecule has 200 valence electrons. The molecule has 0 atom stereocenters. The highest BCUT2D eigenvalue weighted by molar-refractivity contribution is 9.10. The minimum atomic E-state index is -0.826. The van der Waals surface area contributed by atoms with Crippen LogP contribution >= 0.6 is 15.9 Å². The van der Waals surface area contributed by atoms with Crippen molar-refractivity contribution in [3.63, 3.8) is 0 Å². The quantitative estimate of drug-likeness (QED) is 0.181. The van der Waals surface area contributed by atoms with E-state index >= 15 is 0 Å². The summed E-state index contributed by atoms with van der Waals surface area (Å²) in [7, 11) is 1.52. The van der Waals surface area contributed by atoms with E-state index in [4.69, 9.17) is 14.2 Å². The standard InChI is InChI=1S/C30H27BrN2O6/c1-4-6-21-15-20(17-26(37-3)27(21)39-18-19-7-9-22(31)10-8-19)16-25-28(34)32-30(36)33(29(25)35)23-11-13-24(14-12-23)38-5-2/h4,7-17H,1,5-6,18H2,2-3H3,(H,32,34,36)/b25-16+. The van der Waals surface area contributed by atoms with Crippen LogP contribution in [0, 0.1) is 0 Å². The molecule has 9 heteroatoms. The molecule has 1 saturated heterocycles.